The molecule has 3 unspecified atom stereocenters. The molecule has 2 aromatic carbocycles. The first kappa shape index (κ1) is 30.9. The summed E-state index contributed by atoms with van der Waals surface area (Å²) in [5.41, 5.74) is 2.70. The normalized spacial score (nSPS) is 14.4. The van der Waals surface area contributed by atoms with Gasteiger partial charge in [0.25, 0.3) is 5.91 Å². The van der Waals surface area contributed by atoms with Gasteiger partial charge in [-0.1, -0.05) is 56.7 Å². The van der Waals surface area contributed by atoms with Crippen LogP contribution in [0.25, 0.3) is 10.9 Å². The summed E-state index contributed by atoms with van der Waals surface area (Å²) in [5, 5.41) is 34.0. The SMILES string of the molecule is CCCC(C(=O)N(O)CCc1c[nH]c2cccc(O)c12)N(CCC)C(CCc1ccccc1)C(O)P(C)(C)=O. The number of phenolic OH excluding ortho intramolecular Hbond substituents is 1. The van der Waals surface area contributed by atoms with E-state index in [0.29, 0.717) is 44.0 Å². The van der Waals surface area contributed by atoms with Crippen LogP contribution < -0.4 is 0 Å². The number of aromatic nitrogens is 1. The second-order valence-corrected chi connectivity index (χ2v) is 14.1. The first-order chi connectivity index (χ1) is 18.6. The third kappa shape index (κ3) is 7.95. The molecule has 0 saturated carbocycles. The number of aromatic hydroxyl groups is 1. The van der Waals surface area contributed by atoms with E-state index in [-0.39, 0.29) is 12.3 Å². The lowest BCUT2D eigenvalue weighted by Crippen LogP contribution is -2.55. The second kappa shape index (κ2) is 14.1. The lowest BCUT2D eigenvalue weighted by atomic mass is 10.00. The molecule has 0 aliphatic heterocycles. The maximum absolute atomic E-state index is 13.7. The van der Waals surface area contributed by atoms with Crippen molar-refractivity contribution in [2.75, 3.05) is 26.4 Å². The Morgan fingerprint density at radius 3 is 2.33 bits per heavy atom. The average Bonchev–Trinajstić information content (AvgIpc) is 3.34. The van der Waals surface area contributed by atoms with E-state index in [1.807, 2.05) is 55.1 Å². The molecule has 1 aromatic heterocycles. The lowest BCUT2D eigenvalue weighted by Gasteiger charge is -2.41. The predicted molar refractivity (Wildman–Crippen MR) is 157 cm³/mol. The molecule has 0 aliphatic carbocycles. The highest BCUT2D eigenvalue weighted by Gasteiger charge is 2.39. The number of phenols is 1. The van der Waals surface area contributed by atoms with Crippen LogP contribution in [-0.2, 0) is 22.2 Å². The Balaban J connectivity index is 1.84. The van der Waals surface area contributed by atoms with E-state index in [4.69, 9.17) is 0 Å². The number of aliphatic hydroxyl groups excluding tert-OH is 1. The van der Waals surface area contributed by atoms with Gasteiger partial charge in [-0.05, 0) is 75.2 Å². The van der Waals surface area contributed by atoms with Crippen LogP contribution in [0.1, 0.15) is 50.7 Å². The molecule has 214 valence electrons. The number of benzene rings is 2. The number of aryl methyl sites for hydroxylation is 1. The molecule has 3 atom stereocenters. The summed E-state index contributed by atoms with van der Waals surface area (Å²) in [6.07, 6.45) is 5.28. The summed E-state index contributed by atoms with van der Waals surface area (Å²) in [5.74, 6) is -1.38. The summed E-state index contributed by atoms with van der Waals surface area (Å²) in [6, 6.07) is 14.0. The molecule has 9 heteroatoms. The quantitative estimate of drug-likeness (QED) is 0.112. The molecule has 1 heterocycles. The molecule has 0 bridgehead atoms. The van der Waals surface area contributed by atoms with Gasteiger partial charge in [0.15, 0.2) is 0 Å². The Bertz CT molecular complexity index is 1240. The first-order valence-electron chi connectivity index (χ1n) is 13.9. The Labute approximate surface area is 232 Å². The Morgan fingerprint density at radius 2 is 1.69 bits per heavy atom. The van der Waals surface area contributed by atoms with Gasteiger partial charge in [0.05, 0.1) is 12.6 Å². The van der Waals surface area contributed by atoms with E-state index < -0.39 is 31.0 Å². The van der Waals surface area contributed by atoms with E-state index in [0.717, 1.165) is 28.1 Å². The maximum Gasteiger partial charge on any atom is 0.263 e. The van der Waals surface area contributed by atoms with Gasteiger partial charge in [-0.25, -0.2) is 5.06 Å². The highest BCUT2D eigenvalue weighted by atomic mass is 31.2. The summed E-state index contributed by atoms with van der Waals surface area (Å²) >= 11 is 0. The number of nitrogens with one attached hydrogen (secondary N) is 1. The zero-order valence-electron chi connectivity index (χ0n) is 23.6. The molecule has 4 N–H and O–H groups in total. The Morgan fingerprint density at radius 1 is 0.974 bits per heavy atom. The highest BCUT2D eigenvalue weighted by Crippen LogP contribution is 2.45. The summed E-state index contributed by atoms with van der Waals surface area (Å²) < 4.78 is 13.1. The molecule has 3 rings (SSSR count). The summed E-state index contributed by atoms with van der Waals surface area (Å²) in [7, 11) is -2.90. The van der Waals surface area contributed by atoms with E-state index in [1.54, 1.807) is 31.7 Å². The molecule has 0 radical (unpaired) electrons. The molecule has 3 aromatic rings. The van der Waals surface area contributed by atoms with Crippen molar-refractivity contribution in [3.8, 4) is 5.75 Å². The van der Waals surface area contributed by atoms with Crippen molar-refractivity contribution in [2.45, 2.75) is 70.3 Å². The molecule has 0 aliphatic rings. The summed E-state index contributed by atoms with van der Waals surface area (Å²) in [6.45, 7) is 7.75. The molecule has 0 spiro atoms. The van der Waals surface area contributed by atoms with Gasteiger partial charge in [-0.15, -0.1) is 0 Å². The largest absolute Gasteiger partial charge is 0.507 e. The van der Waals surface area contributed by atoms with Gasteiger partial charge in [-0.3, -0.25) is 14.9 Å². The number of carbonyl (C=O) groups is 1. The summed E-state index contributed by atoms with van der Waals surface area (Å²) in [4.78, 5) is 18.8. The van der Waals surface area contributed by atoms with Crippen molar-refractivity contribution >= 4 is 24.0 Å². The monoisotopic (exact) mass is 557 g/mol. The van der Waals surface area contributed by atoms with E-state index >= 15 is 0 Å². The van der Waals surface area contributed by atoms with Crippen molar-refractivity contribution in [3.05, 3.63) is 65.9 Å². The molecular weight excluding hydrogens is 513 g/mol. The van der Waals surface area contributed by atoms with Gasteiger partial charge >= 0.3 is 0 Å². The fourth-order valence-corrected chi connectivity index (χ4v) is 6.47. The van der Waals surface area contributed by atoms with Gasteiger partial charge in [0, 0.05) is 23.1 Å². The smallest absolute Gasteiger partial charge is 0.263 e. The molecular formula is C30H44N3O5P. The maximum atomic E-state index is 13.7. The lowest BCUT2D eigenvalue weighted by molar-refractivity contribution is -0.173. The standard InChI is InChI=1S/C30H44N3O5P/c1-5-11-25(29(35)33(37)20-18-23-21-31-24-14-10-15-27(34)28(23)24)32(19-6-2)26(30(36)39(3,4)38)17-16-22-12-8-7-9-13-22/h7-10,12-15,21,25-26,30-31,34,36-37H,5-6,11,16-20H2,1-4H3. The number of aromatic amines is 1. The number of nitrogens with zero attached hydrogens (tertiary/aromatic N) is 2. The third-order valence-corrected chi connectivity index (χ3v) is 8.94. The molecule has 1 amide bonds. The first-order valence-corrected chi connectivity index (χ1v) is 16.6. The van der Waals surface area contributed by atoms with E-state index in [9.17, 15) is 24.8 Å². The van der Waals surface area contributed by atoms with Crippen molar-refractivity contribution in [3.63, 3.8) is 0 Å². The predicted octanol–water partition coefficient (Wildman–Crippen LogP) is 5.46. The fraction of sp³-hybridized carbons (Fsp3) is 0.500. The van der Waals surface area contributed by atoms with Crippen LogP contribution in [0.4, 0.5) is 0 Å². The topological polar surface area (TPSA) is 117 Å². The number of fused-ring (bicyclic) bond motifs is 1. The molecule has 0 saturated heterocycles. The number of aliphatic hydroxyl groups is 1. The van der Waals surface area contributed by atoms with Gasteiger partial charge in [0.2, 0.25) is 0 Å². The van der Waals surface area contributed by atoms with Crippen molar-refractivity contribution in [2.24, 2.45) is 0 Å². The van der Waals surface area contributed by atoms with Gasteiger partial charge in [0.1, 0.15) is 18.7 Å². The number of H-pyrrole nitrogens is 1. The van der Waals surface area contributed by atoms with Crippen LogP contribution in [0.15, 0.2) is 54.7 Å². The van der Waals surface area contributed by atoms with Crippen LogP contribution in [-0.4, -0.2) is 80.6 Å². The Kier molecular flexibility index (Phi) is 11.2. The average molecular weight is 558 g/mol. The number of amides is 1. The van der Waals surface area contributed by atoms with E-state index in [1.165, 1.54) is 0 Å². The van der Waals surface area contributed by atoms with Crippen molar-refractivity contribution < 1.29 is 24.8 Å². The minimum absolute atomic E-state index is 0.0532. The van der Waals surface area contributed by atoms with Crippen molar-refractivity contribution in [1.29, 1.82) is 0 Å². The van der Waals surface area contributed by atoms with Crippen LogP contribution in [0.3, 0.4) is 0 Å². The molecule has 8 nitrogen and oxygen atoms in total. The van der Waals surface area contributed by atoms with Crippen LogP contribution >= 0.6 is 7.14 Å². The zero-order chi connectivity index (χ0) is 28.6. The third-order valence-electron chi connectivity index (χ3n) is 7.32. The number of hydroxylamine groups is 2. The van der Waals surface area contributed by atoms with Crippen LogP contribution in [0.5, 0.6) is 5.75 Å². The van der Waals surface area contributed by atoms with Gasteiger partial charge in [-0.2, -0.15) is 0 Å². The van der Waals surface area contributed by atoms with Crippen LogP contribution in [0, 0.1) is 0 Å². The molecule has 0 fully saturated rings. The highest BCUT2D eigenvalue weighted by molar-refractivity contribution is 7.62. The van der Waals surface area contributed by atoms with Crippen LogP contribution in [0.2, 0.25) is 0 Å². The minimum atomic E-state index is -2.90. The molecule has 39 heavy (non-hydrogen) atoms. The number of rotatable bonds is 15. The fourth-order valence-electron chi connectivity index (χ4n) is 5.32. The number of hydrogen-bond acceptors (Lipinski definition) is 6. The number of carbonyl (C=O) groups excluding carboxylic acids is 1. The van der Waals surface area contributed by atoms with Gasteiger partial charge < -0.3 is 19.8 Å². The van der Waals surface area contributed by atoms with E-state index in [2.05, 4.69) is 4.98 Å². The minimum Gasteiger partial charge on any atom is -0.507 e. The second-order valence-electron chi connectivity index (χ2n) is 10.7. The Hall–Kier alpha value is -2.64. The van der Waals surface area contributed by atoms with Crippen molar-refractivity contribution in [1.82, 2.24) is 14.9 Å². The number of hydrogen-bond donors (Lipinski definition) is 4. The zero-order valence-corrected chi connectivity index (χ0v) is 24.5.